The van der Waals surface area contributed by atoms with Crippen molar-refractivity contribution >= 4 is 5.82 Å². The summed E-state index contributed by atoms with van der Waals surface area (Å²) in [5.41, 5.74) is 8.11. The van der Waals surface area contributed by atoms with Crippen molar-refractivity contribution in [1.29, 1.82) is 0 Å². The van der Waals surface area contributed by atoms with E-state index in [0.29, 0.717) is 12.6 Å². The second kappa shape index (κ2) is 4.45. The number of aryl methyl sites for hydroxylation is 2. The van der Waals surface area contributed by atoms with E-state index in [1.807, 2.05) is 18.7 Å². The molecule has 1 aliphatic rings. The van der Waals surface area contributed by atoms with E-state index in [-0.39, 0.29) is 0 Å². The summed E-state index contributed by atoms with van der Waals surface area (Å²) in [6.07, 6.45) is 3.89. The van der Waals surface area contributed by atoms with E-state index < -0.39 is 0 Å². The van der Waals surface area contributed by atoms with Crippen molar-refractivity contribution in [3.63, 3.8) is 0 Å². The van der Waals surface area contributed by atoms with Gasteiger partial charge in [-0.05, 0) is 33.1 Å². The lowest BCUT2D eigenvalue weighted by molar-refractivity contribution is 0.473. The zero-order chi connectivity index (χ0) is 11.7. The maximum atomic E-state index is 5.84. The van der Waals surface area contributed by atoms with Crippen LogP contribution in [0.15, 0.2) is 0 Å². The Kier molecular flexibility index (Phi) is 3.19. The Balaban J connectivity index is 2.37. The van der Waals surface area contributed by atoms with E-state index in [9.17, 15) is 0 Å². The minimum absolute atomic E-state index is 0.582. The summed E-state index contributed by atoms with van der Waals surface area (Å²) in [6.45, 7) is 6.05. The first-order valence-corrected chi connectivity index (χ1v) is 6.14. The van der Waals surface area contributed by atoms with Gasteiger partial charge in [-0.3, -0.25) is 4.68 Å². The van der Waals surface area contributed by atoms with Gasteiger partial charge in [-0.2, -0.15) is 5.10 Å². The number of nitrogens with zero attached hydrogens (tertiary/aromatic N) is 3. The van der Waals surface area contributed by atoms with Gasteiger partial charge in [0.2, 0.25) is 0 Å². The minimum atomic E-state index is 0.582. The lowest BCUT2D eigenvalue weighted by atomic mass is 10.0. The Morgan fingerprint density at radius 3 is 2.81 bits per heavy atom. The molecule has 1 atom stereocenters. The quantitative estimate of drug-likeness (QED) is 0.826. The molecule has 16 heavy (non-hydrogen) atoms. The number of hydrogen-bond donors (Lipinski definition) is 1. The Morgan fingerprint density at radius 1 is 1.44 bits per heavy atom. The molecule has 1 fully saturated rings. The Hall–Kier alpha value is -1.03. The van der Waals surface area contributed by atoms with Crippen molar-refractivity contribution in [2.45, 2.75) is 45.7 Å². The van der Waals surface area contributed by atoms with Crippen molar-refractivity contribution in [1.82, 2.24) is 9.78 Å². The highest BCUT2D eigenvalue weighted by atomic mass is 15.4. The first-order chi connectivity index (χ1) is 7.65. The molecule has 2 N–H and O–H groups in total. The van der Waals surface area contributed by atoms with Crippen LogP contribution in [-0.4, -0.2) is 22.4 Å². The van der Waals surface area contributed by atoms with Crippen LogP contribution in [0.4, 0.5) is 5.82 Å². The maximum Gasteiger partial charge on any atom is 0.131 e. The molecular formula is C12H22N4. The predicted octanol–water partition coefficient (Wildman–Crippen LogP) is 1.57. The third-order valence-electron chi connectivity index (χ3n) is 3.59. The summed E-state index contributed by atoms with van der Waals surface area (Å²) in [5.74, 6) is 1.23. The van der Waals surface area contributed by atoms with Crippen LogP contribution in [-0.2, 0) is 13.6 Å². The molecule has 90 valence electrons. The van der Waals surface area contributed by atoms with Crippen LogP contribution in [0.2, 0.25) is 0 Å². The van der Waals surface area contributed by atoms with Crippen LogP contribution in [0.3, 0.4) is 0 Å². The fourth-order valence-corrected chi connectivity index (χ4v) is 2.70. The predicted molar refractivity (Wildman–Crippen MR) is 66.5 cm³/mol. The molecular weight excluding hydrogens is 200 g/mol. The van der Waals surface area contributed by atoms with E-state index in [4.69, 9.17) is 5.73 Å². The number of nitrogens with two attached hydrogens (primary N) is 1. The number of piperidine rings is 1. The second-order valence-electron chi connectivity index (χ2n) is 4.75. The second-order valence-corrected chi connectivity index (χ2v) is 4.75. The average Bonchev–Trinajstić information content (AvgIpc) is 2.54. The third kappa shape index (κ3) is 1.82. The fraction of sp³-hybridized carbons (Fsp3) is 0.750. The van der Waals surface area contributed by atoms with E-state index in [0.717, 1.165) is 12.2 Å². The first-order valence-electron chi connectivity index (χ1n) is 6.14. The molecule has 2 heterocycles. The monoisotopic (exact) mass is 222 g/mol. The first kappa shape index (κ1) is 11.5. The highest BCUT2D eigenvalue weighted by Gasteiger charge is 2.24. The van der Waals surface area contributed by atoms with Crippen molar-refractivity contribution in [3.05, 3.63) is 11.3 Å². The van der Waals surface area contributed by atoms with Gasteiger partial charge < -0.3 is 10.6 Å². The largest absolute Gasteiger partial charge is 0.354 e. The molecule has 1 aliphatic heterocycles. The summed E-state index contributed by atoms with van der Waals surface area (Å²) in [5, 5.41) is 4.49. The third-order valence-corrected chi connectivity index (χ3v) is 3.59. The number of rotatable bonds is 2. The summed E-state index contributed by atoms with van der Waals surface area (Å²) in [4.78, 5) is 2.46. The molecule has 4 nitrogen and oxygen atoms in total. The molecule has 0 radical (unpaired) electrons. The summed E-state index contributed by atoms with van der Waals surface area (Å²) in [7, 11) is 2.02. The topological polar surface area (TPSA) is 47.1 Å². The molecule has 0 spiro atoms. The smallest absolute Gasteiger partial charge is 0.131 e. The highest BCUT2D eigenvalue weighted by molar-refractivity contribution is 5.51. The van der Waals surface area contributed by atoms with Gasteiger partial charge in [0.05, 0.1) is 5.69 Å². The van der Waals surface area contributed by atoms with Crippen LogP contribution in [0.25, 0.3) is 0 Å². The molecule has 0 saturated carbocycles. The summed E-state index contributed by atoms with van der Waals surface area (Å²) < 4.78 is 1.99. The summed E-state index contributed by atoms with van der Waals surface area (Å²) >= 11 is 0. The van der Waals surface area contributed by atoms with Crippen LogP contribution in [0.1, 0.15) is 37.4 Å². The molecule has 0 aromatic carbocycles. The zero-order valence-corrected chi connectivity index (χ0v) is 10.5. The Labute approximate surface area is 97.4 Å². The molecule has 0 aliphatic carbocycles. The molecule has 1 unspecified atom stereocenters. The molecule has 1 saturated heterocycles. The van der Waals surface area contributed by atoms with E-state index in [2.05, 4.69) is 16.9 Å². The average molecular weight is 222 g/mol. The van der Waals surface area contributed by atoms with Crippen molar-refractivity contribution < 1.29 is 0 Å². The van der Waals surface area contributed by atoms with Gasteiger partial charge in [0.15, 0.2) is 0 Å². The van der Waals surface area contributed by atoms with Gasteiger partial charge in [-0.1, -0.05) is 0 Å². The van der Waals surface area contributed by atoms with Gasteiger partial charge >= 0.3 is 0 Å². The maximum absolute atomic E-state index is 5.84. The van der Waals surface area contributed by atoms with Crippen LogP contribution in [0, 0.1) is 6.92 Å². The van der Waals surface area contributed by atoms with Gasteiger partial charge in [0, 0.05) is 31.7 Å². The lowest BCUT2D eigenvalue weighted by Gasteiger charge is -2.35. The standard InChI is InChI=1S/C12H22N4/c1-9-6-4-5-7-16(9)12-11(8-13)10(2)14-15(12)3/h9H,4-8,13H2,1-3H3. The van der Waals surface area contributed by atoms with E-state index in [1.165, 1.54) is 30.6 Å². The molecule has 1 aromatic heterocycles. The molecule has 0 amide bonds. The normalized spacial score (nSPS) is 21.5. The Morgan fingerprint density at radius 2 is 2.19 bits per heavy atom. The van der Waals surface area contributed by atoms with Crippen molar-refractivity contribution in [2.75, 3.05) is 11.4 Å². The number of aromatic nitrogens is 2. The minimum Gasteiger partial charge on any atom is -0.354 e. The Bertz CT molecular complexity index is 369. The number of anilines is 1. The van der Waals surface area contributed by atoms with Crippen molar-refractivity contribution in [3.8, 4) is 0 Å². The zero-order valence-electron chi connectivity index (χ0n) is 10.5. The fourth-order valence-electron chi connectivity index (χ4n) is 2.70. The molecule has 4 heteroatoms. The van der Waals surface area contributed by atoms with Gasteiger partial charge in [-0.25, -0.2) is 0 Å². The SMILES string of the molecule is Cc1nn(C)c(N2CCCCC2C)c1CN. The number of hydrogen-bond acceptors (Lipinski definition) is 3. The van der Waals surface area contributed by atoms with Crippen LogP contribution in [0.5, 0.6) is 0 Å². The van der Waals surface area contributed by atoms with E-state index in [1.54, 1.807) is 0 Å². The van der Waals surface area contributed by atoms with Gasteiger partial charge in [-0.15, -0.1) is 0 Å². The van der Waals surface area contributed by atoms with Crippen LogP contribution >= 0.6 is 0 Å². The van der Waals surface area contributed by atoms with Gasteiger partial charge in [0.25, 0.3) is 0 Å². The summed E-state index contributed by atoms with van der Waals surface area (Å²) in [6, 6.07) is 0.605. The van der Waals surface area contributed by atoms with Crippen LogP contribution < -0.4 is 10.6 Å². The van der Waals surface area contributed by atoms with Gasteiger partial charge in [0.1, 0.15) is 5.82 Å². The molecule has 1 aromatic rings. The lowest BCUT2D eigenvalue weighted by Crippen LogP contribution is -2.39. The molecule has 0 bridgehead atoms. The molecule has 2 rings (SSSR count). The van der Waals surface area contributed by atoms with Crippen molar-refractivity contribution in [2.24, 2.45) is 12.8 Å². The van der Waals surface area contributed by atoms with E-state index >= 15 is 0 Å². The highest BCUT2D eigenvalue weighted by Crippen LogP contribution is 2.28.